The normalized spacial score (nSPS) is 11.2. The number of benzene rings is 2. The highest BCUT2D eigenvalue weighted by Crippen LogP contribution is 2.31. The van der Waals surface area contributed by atoms with Crippen molar-refractivity contribution in [2.75, 3.05) is 0 Å². The topological polar surface area (TPSA) is 57.1 Å². The third kappa shape index (κ3) is 4.44. The largest absolute Gasteiger partial charge is 0.485 e. The Hall–Kier alpha value is -2.10. The second-order valence-electron chi connectivity index (χ2n) is 5.16. The molecule has 0 saturated carbocycles. The van der Waals surface area contributed by atoms with Crippen LogP contribution in [0.1, 0.15) is 31.4 Å². The van der Waals surface area contributed by atoms with E-state index in [0.717, 1.165) is 29.4 Å². The number of aromatic nitrogens is 1. The Morgan fingerprint density at radius 2 is 1.78 bits per heavy atom. The van der Waals surface area contributed by atoms with Gasteiger partial charge in [0.05, 0.1) is 0 Å². The Balaban J connectivity index is 0.00000132. The predicted molar refractivity (Wildman–Crippen MR) is 98.7 cm³/mol. The maximum Gasteiger partial charge on any atom is 0.128 e. The van der Waals surface area contributed by atoms with Crippen LogP contribution in [0.2, 0.25) is 0 Å². The molecule has 122 valence electrons. The van der Waals surface area contributed by atoms with Crippen molar-refractivity contribution in [1.82, 2.24) is 11.1 Å². The Kier molecular flexibility index (Phi) is 7.52. The summed E-state index contributed by atoms with van der Waals surface area (Å²) in [5.74, 6) is 0.928. The molecule has 3 nitrogen and oxygen atoms in total. The van der Waals surface area contributed by atoms with Crippen LogP contribution in [0.3, 0.4) is 0 Å². The lowest BCUT2D eigenvalue weighted by atomic mass is 10.0. The first-order valence-corrected chi connectivity index (χ1v) is 7.43. The maximum atomic E-state index is 6.33. The van der Waals surface area contributed by atoms with Crippen molar-refractivity contribution in [3.63, 3.8) is 0 Å². The fourth-order valence-electron chi connectivity index (χ4n) is 2.57. The molecule has 0 saturated heterocycles. The fraction of sp³-hybridized carbons (Fsp3) is 0.211. The molecular weight excluding hydrogens is 308 g/mol. The highest BCUT2D eigenvalue weighted by molar-refractivity contribution is 5.87. The molecule has 2 aromatic carbocycles. The van der Waals surface area contributed by atoms with Crippen molar-refractivity contribution >= 4 is 23.2 Å². The number of halogens is 1. The lowest BCUT2D eigenvalue weighted by Gasteiger charge is -2.20. The summed E-state index contributed by atoms with van der Waals surface area (Å²) in [6.07, 6.45) is 5.87. The first-order chi connectivity index (χ1) is 10.4. The van der Waals surface area contributed by atoms with E-state index < -0.39 is 0 Å². The predicted octanol–water partition coefficient (Wildman–Crippen LogP) is 5.74. The van der Waals surface area contributed by atoms with Crippen LogP contribution in [0.25, 0.3) is 10.8 Å². The van der Waals surface area contributed by atoms with Crippen molar-refractivity contribution in [3.05, 3.63) is 72.6 Å². The quantitative estimate of drug-likeness (QED) is 0.649. The van der Waals surface area contributed by atoms with Gasteiger partial charge in [0, 0.05) is 23.2 Å². The molecule has 0 aliphatic heterocycles. The number of hydrogen-bond acceptors (Lipinski definition) is 3. The van der Waals surface area contributed by atoms with Crippen molar-refractivity contribution < 1.29 is 4.74 Å². The van der Waals surface area contributed by atoms with Crippen molar-refractivity contribution in [1.29, 1.82) is 0 Å². The van der Waals surface area contributed by atoms with E-state index in [2.05, 4.69) is 42.2 Å². The van der Waals surface area contributed by atoms with Gasteiger partial charge in [-0.25, -0.2) is 0 Å². The molecule has 3 N–H and O–H groups in total. The molecule has 0 radical (unpaired) electrons. The van der Waals surface area contributed by atoms with Gasteiger partial charge in [-0.15, -0.1) is 12.4 Å². The van der Waals surface area contributed by atoms with Gasteiger partial charge in [0.1, 0.15) is 11.9 Å². The zero-order valence-corrected chi connectivity index (χ0v) is 14.1. The van der Waals surface area contributed by atoms with Crippen molar-refractivity contribution in [2.45, 2.75) is 25.9 Å². The van der Waals surface area contributed by atoms with Gasteiger partial charge in [0.2, 0.25) is 0 Å². The zero-order valence-electron chi connectivity index (χ0n) is 13.3. The minimum Gasteiger partial charge on any atom is -0.485 e. The van der Waals surface area contributed by atoms with E-state index in [1.807, 2.05) is 36.7 Å². The minimum atomic E-state index is 0. The molecule has 0 fully saturated rings. The highest BCUT2D eigenvalue weighted by atomic mass is 35.5. The summed E-state index contributed by atoms with van der Waals surface area (Å²) in [7, 11) is 0. The number of hydrogen-bond donors (Lipinski definition) is 1. The van der Waals surface area contributed by atoms with Crippen LogP contribution in [-0.2, 0) is 0 Å². The molecule has 23 heavy (non-hydrogen) atoms. The Morgan fingerprint density at radius 3 is 2.52 bits per heavy atom. The number of fused-ring (bicyclic) bond motifs is 1. The molecule has 4 heteroatoms. The van der Waals surface area contributed by atoms with E-state index >= 15 is 0 Å². The van der Waals surface area contributed by atoms with E-state index in [0.29, 0.717) is 0 Å². The molecule has 1 unspecified atom stereocenters. The van der Waals surface area contributed by atoms with Crippen molar-refractivity contribution in [3.8, 4) is 5.75 Å². The van der Waals surface area contributed by atoms with E-state index in [4.69, 9.17) is 4.74 Å². The molecule has 3 rings (SSSR count). The Morgan fingerprint density at radius 1 is 1.00 bits per heavy atom. The van der Waals surface area contributed by atoms with Gasteiger partial charge in [-0.05, 0) is 24.1 Å². The third-order valence-electron chi connectivity index (χ3n) is 3.63. The second kappa shape index (κ2) is 9.13. The molecule has 0 bridgehead atoms. The first kappa shape index (κ1) is 18.9. The molecule has 0 aliphatic carbocycles. The molecule has 1 aromatic heterocycles. The molecule has 1 heterocycles. The van der Waals surface area contributed by atoms with Crippen LogP contribution in [0.4, 0.5) is 0 Å². The monoisotopic (exact) mass is 330 g/mol. The van der Waals surface area contributed by atoms with Crippen LogP contribution < -0.4 is 10.9 Å². The van der Waals surface area contributed by atoms with Gasteiger partial charge in [0.25, 0.3) is 0 Å². The molecular formula is C19H23ClN2O. The number of pyridine rings is 1. The lowest BCUT2D eigenvalue weighted by Crippen LogP contribution is -2.07. The summed E-state index contributed by atoms with van der Waals surface area (Å²) < 4.78 is 6.33. The van der Waals surface area contributed by atoms with Crippen LogP contribution in [0.5, 0.6) is 5.75 Å². The van der Waals surface area contributed by atoms with Crippen molar-refractivity contribution in [2.24, 2.45) is 0 Å². The van der Waals surface area contributed by atoms with Crippen LogP contribution in [0, 0.1) is 0 Å². The maximum absolute atomic E-state index is 6.33. The third-order valence-corrected chi connectivity index (χ3v) is 3.63. The van der Waals surface area contributed by atoms with Gasteiger partial charge in [-0.3, -0.25) is 4.98 Å². The first-order valence-electron chi connectivity index (χ1n) is 7.43. The average Bonchev–Trinajstić information content (AvgIpc) is 2.55. The van der Waals surface area contributed by atoms with Crippen LogP contribution in [0.15, 0.2) is 67.0 Å². The lowest BCUT2D eigenvalue weighted by molar-refractivity contribution is 0.196. The standard InChI is InChI=1S/C19H19NO.ClH.H3N/c1-2-7-18(15-8-4-3-5-9-15)21-19-11-6-10-16-14-20-13-12-17(16)19;;/h3-6,8-14,18H,2,7H2,1H3;1H;1H3. The average molecular weight is 331 g/mol. The van der Waals surface area contributed by atoms with Gasteiger partial charge in [0.15, 0.2) is 0 Å². The summed E-state index contributed by atoms with van der Waals surface area (Å²) in [5, 5.41) is 2.22. The molecule has 0 amide bonds. The summed E-state index contributed by atoms with van der Waals surface area (Å²) >= 11 is 0. The Bertz CT molecular complexity index is 713. The van der Waals surface area contributed by atoms with Gasteiger partial charge in [-0.2, -0.15) is 0 Å². The smallest absolute Gasteiger partial charge is 0.128 e. The SMILES string of the molecule is CCCC(Oc1cccc2cnccc12)c1ccccc1.Cl.N. The van der Waals surface area contributed by atoms with Crippen LogP contribution in [-0.4, -0.2) is 4.98 Å². The summed E-state index contributed by atoms with van der Waals surface area (Å²) in [5.41, 5.74) is 1.23. The van der Waals surface area contributed by atoms with Crippen LogP contribution >= 0.6 is 12.4 Å². The molecule has 0 spiro atoms. The summed E-state index contributed by atoms with van der Waals surface area (Å²) in [6, 6.07) is 18.6. The van der Waals surface area contributed by atoms with E-state index in [9.17, 15) is 0 Å². The highest BCUT2D eigenvalue weighted by Gasteiger charge is 2.13. The van der Waals surface area contributed by atoms with Gasteiger partial charge >= 0.3 is 0 Å². The number of ether oxygens (including phenoxy) is 1. The number of rotatable bonds is 5. The van der Waals surface area contributed by atoms with Gasteiger partial charge < -0.3 is 10.9 Å². The second-order valence-corrected chi connectivity index (χ2v) is 5.16. The number of nitrogens with zero attached hydrogens (tertiary/aromatic N) is 1. The minimum absolute atomic E-state index is 0. The summed E-state index contributed by atoms with van der Waals surface area (Å²) in [6.45, 7) is 2.19. The molecule has 1 atom stereocenters. The fourth-order valence-corrected chi connectivity index (χ4v) is 2.57. The molecule has 0 aliphatic rings. The van der Waals surface area contributed by atoms with E-state index in [1.54, 1.807) is 0 Å². The van der Waals surface area contributed by atoms with E-state index in [-0.39, 0.29) is 24.7 Å². The zero-order chi connectivity index (χ0) is 14.5. The molecule has 3 aromatic rings. The van der Waals surface area contributed by atoms with E-state index in [1.165, 1.54) is 5.56 Å². The van der Waals surface area contributed by atoms with Gasteiger partial charge in [-0.1, -0.05) is 55.8 Å². The Labute approximate surface area is 143 Å². The summed E-state index contributed by atoms with van der Waals surface area (Å²) in [4.78, 5) is 4.17.